The Hall–Kier alpha value is -2.15. The molecule has 1 N–H and O–H groups in total. The molecule has 2 fully saturated rings. The van der Waals surface area contributed by atoms with Gasteiger partial charge in [0.25, 0.3) is 5.89 Å². The van der Waals surface area contributed by atoms with Crippen molar-refractivity contribution in [3.05, 3.63) is 24.3 Å². The van der Waals surface area contributed by atoms with Crippen molar-refractivity contribution in [3.63, 3.8) is 0 Å². The molecule has 1 aliphatic carbocycles. The summed E-state index contributed by atoms with van der Waals surface area (Å²) in [5, 5.41) is 11.2. The maximum atomic E-state index is 11.8. The van der Waals surface area contributed by atoms with Crippen LogP contribution in [0.15, 0.2) is 27.2 Å². The minimum Gasteiger partial charge on any atom is -0.459 e. The molecule has 0 spiro atoms. The number of likely N-dealkylation sites (tertiary alicyclic amines) is 1. The average molecular weight is 316 g/mol. The van der Waals surface area contributed by atoms with Crippen LogP contribution in [0.25, 0.3) is 11.7 Å². The van der Waals surface area contributed by atoms with E-state index in [9.17, 15) is 4.79 Å². The van der Waals surface area contributed by atoms with Gasteiger partial charge in [0.1, 0.15) is 0 Å². The van der Waals surface area contributed by atoms with E-state index in [-0.39, 0.29) is 11.8 Å². The topological polar surface area (TPSA) is 84.4 Å². The Morgan fingerprint density at radius 2 is 2.09 bits per heavy atom. The van der Waals surface area contributed by atoms with Crippen molar-refractivity contribution >= 4 is 5.91 Å². The van der Waals surface area contributed by atoms with E-state index in [1.54, 1.807) is 18.4 Å². The minimum atomic E-state index is 0.239. The van der Waals surface area contributed by atoms with Crippen molar-refractivity contribution in [3.8, 4) is 11.7 Å². The molecule has 0 atom stereocenters. The van der Waals surface area contributed by atoms with E-state index in [0.717, 1.165) is 38.8 Å². The SMILES string of the molecule is O=C(NC1CCN(Cc2nnc(-c3ccco3)o2)CC1)C1CC1. The van der Waals surface area contributed by atoms with E-state index in [2.05, 4.69) is 20.4 Å². The van der Waals surface area contributed by atoms with Gasteiger partial charge in [-0.3, -0.25) is 9.69 Å². The summed E-state index contributed by atoms with van der Waals surface area (Å²) in [5.74, 6) is 2.12. The highest BCUT2D eigenvalue weighted by molar-refractivity contribution is 5.81. The number of amides is 1. The van der Waals surface area contributed by atoms with E-state index in [0.29, 0.717) is 30.1 Å². The zero-order chi connectivity index (χ0) is 15.6. The number of hydrogen-bond acceptors (Lipinski definition) is 6. The van der Waals surface area contributed by atoms with Gasteiger partial charge >= 0.3 is 0 Å². The first-order valence-corrected chi connectivity index (χ1v) is 8.17. The van der Waals surface area contributed by atoms with Gasteiger partial charge < -0.3 is 14.2 Å². The van der Waals surface area contributed by atoms with Crippen LogP contribution in [0.1, 0.15) is 31.6 Å². The number of carbonyl (C=O) groups excluding carboxylic acids is 1. The molecule has 2 aromatic rings. The van der Waals surface area contributed by atoms with Gasteiger partial charge in [0.2, 0.25) is 11.8 Å². The monoisotopic (exact) mass is 316 g/mol. The molecule has 2 aliphatic rings. The fourth-order valence-corrected chi connectivity index (χ4v) is 2.91. The van der Waals surface area contributed by atoms with Crippen LogP contribution in [0.5, 0.6) is 0 Å². The van der Waals surface area contributed by atoms with Gasteiger partial charge in [-0.25, -0.2) is 0 Å². The van der Waals surface area contributed by atoms with E-state index >= 15 is 0 Å². The largest absolute Gasteiger partial charge is 0.459 e. The molecule has 0 aromatic carbocycles. The molecule has 4 rings (SSSR count). The van der Waals surface area contributed by atoms with Crippen LogP contribution in [0.4, 0.5) is 0 Å². The van der Waals surface area contributed by atoms with Crippen molar-refractivity contribution < 1.29 is 13.6 Å². The summed E-state index contributed by atoms with van der Waals surface area (Å²) in [6, 6.07) is 3.89. The molecule has 0 unspecified atom stereocenters. The van der Waals surface area contributed by atoms with Crippen LogP contribution < -0.4 is 5.32 Å². The molecule has 0 bridgehead atoms. The summed E-state index contributed by atoms with van der Waals surface area (Å²) in [6.45, 7) is 2.49. The van der Waals surface area contributed by atoms with E-state index in [4.69, 9.17) is 8.83 Å². The number of nitrogens with zero attached hydrogens (tertiary/aromatic N) is 3. The third kappa shape index (κ3) is 3.44. The van der Waals surface area contributed by atoms with Gasteiger partial charge in [-0.2, -0.15) is 0 Å². The van der Waals surface area contributed by atoms with Crippen molar-refractivity contribution in [2.75, 3.05) is 13.1 Å². The molecule has 2 aromatic heterocycles. The second-order valence-electron chi connectivity index (χ2n) is 6.31. The smallest absolute Gasteiger partial charge is 0.283 e. The van der Waals surface area contributed by atoms with Crippen molar-refractivity contribution in [1.29, 1.82) is 0 Å². The van der Waals surface area contributed by atoms with Gasteiger partial charge in [0.05, 0.1) is 12.8 Å². The normalized spacial score (nSPS) is 19.8. The van der Waals surface area contributed by atoms with Crippen LogP contribution in [-0.4, -0.2) is 40.1 Å². The van der Waals surface area contributed by atoms with Crippen LogP contribution >= 0.6 is 0 Å². The molecule has 1 amide bonds. The number of aromatic nitrogens is 2. The van der Waals surface area contributed by atoms with Crippen molar-refractivity contribution in [1.82, 2.24) is 20.4 Å². The van der Waals surface area contributed by atoms with E-state index in [1.807, 2.05) is 0 Å². The summed E-state index contributed by atoms with van der Waals surface area (Å²) >= 11 is 0. The van der Waals surface area contributed by atoms with Crippen molar-refractivity contribution in [2.45, 2.75) is 38.3 Å². The second-order valence-corrected chi connectivity index (χ2v) is 6.31. The Balaban J connectivity index is 1.27. The zero-order valence-electron chi connectivity index (χ0n) is 12.9. The van der Waals surface area contributed by atoms with Crippen LogP contribution in [0.2, 0.25) is 0 Å². The van der Waals surface area contributed by atoms with Gasteiger partial charge in [0.15, 0.2) is 5.76 Å². The molecule has 1 saturated carbocycles. The number of piperidine rings is 1. The zero-order valence-corrected chi connectivity index (χ0v) is 12.9. The molecule has 1 saturated heterocycles. The number of carbonyl (C=O) groups is 1. The molecular weight excluding hydrogens is 296 g/mol. The molecule has 1 aliphatic heterocycles. The molecule has 23 heavy (non-hydrogen) atoms. The number of nitrogens with one attached hydrogen (secondary N) is 1. The Kier molecular flexibility index (Phi) is 3.87. The van der Waals surface area contributed by atoms with Gasteiger partial charge in [-0.05, 0) is 37.8 Å². The Morgan fingerprint density at radius 1 is 1.26 bits per heavy atom. The predicted octanol–water partition coefficient (Wildman–Crippen LogP) is 1.82. The summed E-state index contributed by atoms with van der Waals surface area (Å²) < 4.78 is 10.9. The first-order chi connectivity index (χ1) is 11.3. The Morgan fingerprint density at radius 3 is 2.78 bits per heavy atom. The van der Waals surface area contributed by atoms with Gasteiger partial charge in [-0.1, -0.05) is 0 Å². The first-order valence-electron chi connectivity index (χ1n) is 8.17. The minimum absolute atomic E-state index is 0.239. The molecule has 3 heterocycles. The number of rotatable bonds is 5. The molecule has 7 heteroatoms. The summed E-state index contributed by atoms with van der Waals surface area (Å²) in [5.41, 5.74) is 0. The highest BCUT2D eigenvalue weighted by atomic mass is 16.4. The van der Waals surface area contributed by atoms with Crippen LogP contribution in [0, 0.1) is 5.92 Å². The average Bonchev–Trinajstić information content (AvgIpc) is 3.08. The second kappa shape index (κ2) is 6.16. The predicted molar refractivity (Wildman–Crippen MR) is 81.2 cm³/mol. The lowest BCUT2D eigenvalue weighted by atomic mass is 10.0. The Labute approximate surface area is 134 Å². The highest BCUT2D eigenvalue weighted by Gasteiger charge is 2.31. The fraction of sp³-hybridized carbons (Fsp3) is 0.562. The summed E-state index contributed by atoms with van der Waals surface area (Å²) in [4.78, 5) is 14.1. The molecule has 7 nitrogen and oxygen atoms in total. The lowest BCUT2D eigenvalue weighted by Crippen LogP contribution is -2.44. The molecule has 122 valence electrons. The standard InChI is InChI=1S/C16H20N4O3/c21-15(11-3-4-11)17-12-5-7-20(8-6-12)10-14-18-19-16(23-14)13-2-1-9-22-13/h1-2,9,11-12H,3-8,10H2,(H,17,21). The maximum Gasteiger partial charge on any atom is 0.283 e. The van der Waals surface area contributed by atoms with Crippen LogP contribution in [0.3, 0.4) is 0 Å². The molecule has 0 radical (unpaired) electrons. The lowest BCUT2D eigenvalue weighted by molar-refractivity contribution is -0.123. The maximum absolute atomic E-state index is 11.8. The lowest BCUT2D eigenvalue weighted by Gasteiger charge is -2.31. The molecular formula is C16H20N4O3. The third-order valence-electron chi connectivity index (χ3n) is 4.44. The fourth-order valence-electron chi connectivity index (χ4n) is 2.91. The first kappa shape index (κ1) is 14.4. The number of hydrogen-bond donors (Lipinski definition) is 1. The van der Waals surface area contributed by atoms with Crippen LogP contribution in [-0.2, 0) is 11.3 Å². The number of furan rings is 1. The van der Waals surface area contributed by atoms with Gasteiger partial charge in [-0.15, -0.1) is 10.2 Å². The third-order valence-corrected chi connectivity index (χ3v) is 4.44. The van der Waals surface area contributed by atoms with E-state index in [1.165, 1.54) is 0 Å². The Bertz CT molecular complexity index is 655. The highest BCUT2D eigenvalue weighted by Crippen LogP contribution is 2.29. The van der Waals surface area contributed by atoms with E-state index < -0.39 is 0 Å². The quantitative estimate of drug-likeness (QED) is 0.906. The van der Waals surface area contributed by atoms with Crippen molar-refractivity contribution in [2.24, 2.45) is 5.92 Å². The van der Waals surface area contributed by atoms with Gasteiger partial charge in [0, 0.05) is 25.0 Å². The summed E-state index contributed by atoms with van der Waals surface area (Å²) in [7, 11) is 0. The summed E-state index contributed by atoms with van der Waals surface area (Å²) in [6.07, 6.45) is 5.63.